The van der Waals surface area contributed by atoms with E-state index in [9.17, 15) is 15.5 Å². The molecule has 0 bridgehead atoms. The molecule has 0 unspecified atom stereocenters. The van der Waals surface area contributed by atoms with Crippen LogP contribution in [-0.2, 0) is 4.74 Å². The highest BCUT2D eigenvalue weighted by Crippen LogP contribution is 2.36. The molecule has 2 aromatic heterocycles. The molecule has 1 aliphatic heterocycles. The van der Waals surface area contributed by atoms with Gasteiger partial charge in [-0.25, -0.2) is 4.98 Å². The van der Waals surface area contributed by atoms with Crippen LogP contribution < -0.4 is 10.5 Å². The summed E-state index contributed by atoms with van der Waals surface area (Å²) in [6, 6.07) is 1.99. The van der Waals surface area contributed by atoms with Gasteiger partial charge in [-0.1, -0.05) is 0 Å². The van der Waals surface area contributed by atoms with Crippen molar-refractivity contribution in [2.75, 3.05) is 18.9 Å². The first-order valence-corrected chi connectivity index (χ1v) is 7.07. The Balaban J connectivity index is 2.09. The highest BCUT2D eigenvalue weighted by Gasteiger charge is 2.45. The van der Waals surface area contributed by atoms with Crippen molar-refractivity contribution in [3.05, 3.63) is 6.33 Å². The molecule has 0 aromatic carbocycles. The lowest BCUT2D eigenvalue weighted by Crippen LogP contribution is -2.28. The van der Waals surface area contributed by atoms with Crippen molar-refractivity contribution in [2.24, 2.45) is 5.92 Å². The van der Waals surface area contributed by atoms with E-state index in [2.05, 4.69) is 15.0 Å². The predicted octanol–water partition coefficient (Wildman–Crippen LogP) is -0.802. The van der Waals surface area contributed by atoms with Crippen LogP contribution in [0.5, 0.6) is 5.88 Å². The Morgan fingerprint density at radius 1 is 1.52 bits per heavy atom. The van der Waals surface area contributed by atoms with Gasteiger partial charge in [0, 0.05) is 0 Å². The van der Waals surface area contributed by atoms with E-state index in [4.69, 9.17) is 15.2 Å². The van der Waals surface area contributed by atoms with E-state index in [-0.39, 0.29) is 11.8 Å². The summed E-state index contributed by atoms with van der Waals surface area (Å²) in [5.41, 5.74) is 6.40. The molecule has 1 saturated heterocycles. The molecule has 2 aromatic rings. The Labute approximate surface area is 131 Å². The molecular weight excluding hydrogens is 304 g/mol. The molecule has 23 heavy (non-hydrogen) atoms. The van der Waals surface area contributed by atoms with Crippen LogP contribution in [0.25, 0.3) is 11.2 Å². The van der Waals surface area contributed by atoms with Gasteiger partial charge in [0.05, 0.1) is 25.6 Å². The molecule has 3 rings (SSSR count). The number of anilines is 1. The van der Waals surface area contributed by atoms with Crippen molar-refractivity contribution < 1.29 is 19.7 Å². The normalized spacial score (nSPS) is 27.2. The summed E-state index contributed by atoms with van der Waals surface area (Å²) in [7, 11) is 0. The maximum Gasteiger partial charge on any atom is 0.247 e. The number of fused-ring (bicyclic) bond motifs is 1. The van der Waals surface area contributed by atoms with Crippen molar-refractivity contribution >= 4 is 17.1 Å². The average Bonchev–Trinajstić information content (AvgIpc) is 3.08. The van der Waals surface area contributed by atoms with Gasteiger partial charge in [0.2, 0.25) is 11.8 Å². The highest BCUT2D eigenvalue weighted by atomic mass is 16.5. The Bertz CT molecular complexity index is 757. The third kappa shape index (κ3) is 2.44. The van der Waals surface area contributed by atoms with Gasteiger partial charge < -0.3 is 25.4 Å². The number of nitrogens with zero attached hydrogens (tertiary/aromatic N) is 5. The number of ether oxygens (including phenoxy) is 2. The zero-order chi connectivity index (χ0) is 16.6. The molecule has 0 radical (unpaired) electrons. The fraction of sp³-hybridized carbons (Fsp3) is 0.538. The lowest BCUT2D eigenvalue weighted by atomic mass is 10.0. The maximum absolute atomic E-state index is 10.1. The topological polar surface area (TPSA) is 152 Å². The van der Waals surface area contributed by atoms with Crippen molar-refractivity contribution in [3.63, 3.8) is 0 Å². The second-order valence-electron chi connectivity index (χ2n) is 5.04. The number of aliphatic hydroxyl groups is 2. The number of nitrogens with two attached hydrogens (primary N) is 1. The second kappa shape index (κ2) is 5.96. The molecule has 10 nitrogen and oxygen atoms in total. The first-order valence-electron chi connectivity index (χ1n) is 7.07. The summed E-state index contributed by atoms with van der Waals surface area (Å²) in [5.74, 6) is -0.649. The quantitative estimate of drug-likeness (QED) is 0.657. The van der Waals surface area contributed by atoms with Gasteiger partial charge in [0.15, 0.2) is 17.4 Å². The molecule has 0 amide bonds. The number of nitriles is 1. The summed E-state index contributed by atoms with van der Waals surface area (Å²) in [5, 5.41) is 28.6. The first-order chi connectivity index (χ1) is 11.1. The SMILES string of the molecule is CCOc1nc(N)nc2c1ncn2[C@@H]1O[C@H](CO)[C@@H](O)[C@H]1C#N. The van der Waals surface area contributed by atoms with Gasteiger partial charge in [-0.2, -0.15) is 15.2 Å². The van der Waals surface area contributed by atoms with Crippen LogP contribution in [0.1, 0.15) is 13.2 Å². The van der Waals surface area contributed by atoms with Crippen molar-refractivity contribution in [2.45, 2.75) is 25.4 Å². The molecule has 4 N–H and O–H groups in total. The summed E-state index contributed by atoms with van der Waals surface area (Å²) < 4.78 is 12.5. The van der Waals surface area contributed by atoms with E-state index in [1.165, 1.54) is 10.9 Å². The number of aliphatic hydroxyl groups excluding tert-OH is 2. The minimum Gasteiger partial charge on any atom is -0.476 e. The molecule has 4 atom stereocenters. The van der Waals surface area contributed by atoms with Crippen molar-refractivity contribution in [1.29, 1.82) is 5.26 Å². The minimum atomic E-state index is -1.11. The monoisotopic (exact) mass is 320 g/mol. The highest BCUT2D eigenvalue weighted by molar-refractivity contribution is 5.77. The van der Waals surface area contributed by atoms with E-state index in [1.54, 1.807) is 6.92 Å². The number of nitrogen functional groups attached to an aromatic ring is 1. The van der Waals surface area contributed by atoms with Crippen LogP contribution in [0, 0.1) is 17.2 Å². The first kappa shape index (κ1) is 15.4. The molecule has 0 aliphatic carbocycles. The third-order valence-corrected chi connectivity index (χ3v) is 3.66. The number of hydrogen-bond acceptors (Lipinski definition) is 9. The maximum atomic E-state index is 10.1. The summed E-state index contributed by atoms with van der Waals surface area (Å²) in [6.45, 7) is 1.78. The molecule has 122 valence electrons. The Morgan fingerprint density at radius 3 is 2.96 bits per heavy atom. The van der Waals surface area contributed by atoms with Gasteiger partial charge in [-0.05, 0) is 6.92 Å². The minimum absolute atomic E-state index is 0.00605. The van der Waals surface area contributed by atoms with Crippen LogP contribution in [0.3, 0.4) is 0 Å². The van der Waals surface area contributed by atoms with Gasteiger partial charge in [0.1, 0.15) is 18.1 Å². The van der Waals surface area contributed by atoms with Gasteiger partial charge in [0.25, 0.3) is 0 Å². The number of aromatic nitrogens is 4. The Kier molecular flexibility index (Phi) is 3.99. The van der Waals surface area contributed by atoms with E-state index in [1.807, 2.05) is 6.07 Å². The molecule has 1 aliphatic rings. The smallest absolute Gasteiger partial charge is 0.247 e. The summed E-state index contributed by atoms with van der Waals surface area (Å²) >= 11 is 0. The van der Waals surface area contributed by atoms with Crippen LogP contribution in [0.4, 0.5) is 5.95 Å². The lowest BCUT2D eigenvalue weighted by molar-refractivity contribution is -0.0441. The van der Waals surface area contributed by atoms with Gasteiger partial charge in [-0.3, -0.25) is 4.57 Å². The van der Waals surface area contributed by atoms with Crippen molar-refractivity contribution in [1.82, 2.24) is 19.5 Å². The molecule has 3 heterocycles. The summed E-state index contributed by atoms with van der Waals surface area (Å²) in [4.78, 5) is 12.3. The zero-order valence-corrected chi connectivity index (χ0v) is 12.3. The Hall–Kier alpha value is -2.48. The molecular formula is C13H16N6O4. The second-order valence-corrected chi connectivity index (χ2v) is 5.04. The standard InChI is InChI=1S/C13H16N6O4/c1-2-22-11-8-10(17-13(15)18-11)19(5-16-8)12-6(3-14)9(21)7(4-20)23-12/h5-7,9,12,20-21H,2,4H2,1H3,(H2,15,17,18)/t6-,7-,9+,12-/m1/s1. The third-order valence-electron chi connectivity index (χ3n) is 3.66. The zero-order valence-electron chi connectivity index (χ0n) is 12.3. The van der Waals surface area contributed by atoms with Crippen LogP contribution in [-0.4, -0.2) is 55.2 Å². The number of hydrogen-bond donors (Lipinski definition) is 3. The van der Waals surface area contributed by atoms with E-state index in [0.29, 0.717) is 17.8 Å². The predicted molar refractivity (Wildman–Crippen MR) is 77.0 cm³/mol. The summed E-state index contributed by atoms with van der Waals surface area (Å²) in [6.07, 6.45) is -1.39. The Morgan fingerprint density at radius 2 is 2.30 bits per heavy atom. The fourth-order valence-electron chi connectivity index (χ4n) is 2.60. The van der Waals surface area contributed by atoms with Gasteiger partial charge in [-0.15, -0.1) is 0 Å². The van der Waals surface area contributed by atoms with Crippen LogP contribution >= 0.6 is 0 Å². The van der Waals surface area contributed by atoms with E-state index < -0.39 is 31.0 Å². The average molecular weight is 320 g/mol. The van der Waals surface area contributed by atoms with Crippen LogP contribution in [0.2, 0.25) is 0 Å². The molecule has 10 heteroatoms. The van der Waals surface area contributed by atoms with Crippen molar-refractivity contribution in [3.8, 4) is 11.9 Å². The molecule has 1 fully saturated rings. The lowest BCUT2D eigenvalue weighted by Gasteiger charge is -2.16. The van der Waals surface area contributed by atoms with E-state index in [0.717, 1.165) is 0 Å². The van der Waals surface area contributed by atoms with Gasteiger partial charge >= 0.3 is 0 Å². The fourth-order valence-corrected chi connectivity index (χ4v) is 2.60. The number of rotatable bonds is 4. The largest absolute Gasteiger partial charge is 0.476 e. The molecule has 0 saturated carbocycles. The van der Waals surface area contributed by atoms with E-state index >= 15 is 0 Å². The number of imidazole rings is 1. The van der Waals surface area contributed by atoms with Crippen LogP contribution in [0.15, 0.2) is 6.33 Å². The molecule has 0 spiro atoms.